The Morgan fingerprint density at radius 3 is 3.00 bits per heavy atom. The van der Waals surface area contributed by atoms with Gasteiger partial charge in [0.25, 0.3) is 0 Å². The first kappa shape index (κ1) is 13.3. The molecular weight excluding hydrogens is 252 g/mol. The van der Waals surface area contributed by atoms with Gasteiger partial charge in [0.2, 0.25) is 0 Å². The summed E-state index contributed by atoms with van der Waals surface area (Å²) >= 11 is 7.68. The van der Waals surface area contributed by atoms with Crippen LogP contribution in [-0.2, 0) is 6.54 Å². The summed E-state index contributed by atoms with van der Waals surface area (Å²) in [4.78, 5) is 3.92. The van der Waals surface area contributed by atoms with Crippen LogP contribution in [0.25, 0.3) is 0 Å². The van der Waals surface area contributed by atoms with E-state index in [1.54, 1.807) is 11.3 Å². The van der Waals surface area contributed by atoms with Crippen molar-refractivity contribution in [3.8, 4) is 0 Å². The number of hydrogen-bond acceptors (Lipinski definition) is 3. The van der Waals surface area contributed by atoms with Crippen molar-refractivity contribution in [3.63, 3.8) is 0 Å². The molecule has 2 nitrogen and oxygen atoms in total. The highest BCUT2D eigenvalue weighted by atomic mass is 35.5. The Balaban J connectivity index is 1.99. The monoisotopic (exact) mass is 272 g/mol. The van der Waals surface area contributed by atoms with Crippen LogP contribution in [0.3, 0.4) is 0 Å². The zero-order valence-electron chi connectivity index (χ0n) is 10.6. The molecule has 0 amide bonds. The lowest BCUT2D eigenvalue weighted by molar-refractivity contribution is 0.210. The minimum absolute atomic E-state index is 0.261. The van der Waals surface area contributed by atoms with E-state index in [-0.39, 0.29) is 5.54 Å². The molecule has 1 atom stereocenters. The first-order valence-corrected chi connectivity index (χ1v) is 7.52. The van der Waals surface area contributed by atoms with Crippen LogP contribution >= 0.6 is 22.9 Å². The maximum atomic E-state index is 5.98. The van der Waals surface area contributed by atoms with Crippen molar-refractivity contribution in [2.45, 2.75) is 38.8 Å². The number of thiophene rings is 1. The Labute approximate surface area is 113 Å². The minimum atomic E-state index is 0.261. The molecule has 2 rings (SSSR count). The topological polar surface area (TPSA) is 15.3 Å². The van der Waals surface area contributed by atoms with Crippen LogP contribution in [0.1, 0.15) is 31.6 Å². The molecule has 0 aromatic carbocycles. The summed E-state index contributed by atoms with van der Waals surface area (Å²) in [7, 11) is 0. The second kappa shape index (κ2) is 5.70. The molecule has 0 bridgehead atoms. The molecule has 96 valence electrons. The third-order valence-corrected chi connectivity index (χ3v) is 4.78. The van der Waals surface area contributed by atoms with Crippen molar-refractivity contribution in [1.29, 1.82) is 0 Å². The SMILES string of the molecule is CCC1(C)CN(Cc2ccc(Cl)s2)CCCN1. The summed E-state index contributed by atoms with van der Waals surface area (Å²) in [5, 5.41) is 3.66. The fourth-order valence-electron chi connectivity index (χ4n) is 2.35. The van der Waals surface area contributed by atoms with Crippen molar-refractivity contribution in [3.05, 3.63) is 21.3 Å². The van der Waals surface area contributed by atoms with E-state index in [1.165, 1.54) is 24.3 Å². The quantitative estimate of drug-likeness (QED) is 0.908. The van der Waals surface area contributed by atoms with Crippen molar-refractivity contribution < 1.29 is 0 Å². The van der Waals surface area contributed by atoms with Gasteiger partial charge in [0.1, 0.15) is 0 Å². The van der Waals surface area contributed by atoms with Crippen LogP contribution in [0.5, 0.6) is 0 Å². The van der Waals surface area contributed by atoms with Gasteiger partial charge in [0.15, 0.2) is 0 Å². The van der Waals surface area contributed by atoms with Gasteiger partial charge in [0, 0.05) is 23.5 Å². The summed E-state index contributed by atoms with van der Waals surface area (Å²) < 4.78 is 0.895. The molecule has 1 aromatic rings. The normalized spacial score (nSPS) is 27.0. The van der Waals surface area contributed by atoms with Crippen molar-refractivity contribution in [1.82, 2.24) is 10.2 Å². The van der Waals surface area contributed by atoms with E-state index in [0.717, 1.165) is 24.0 Å². The Morgan fingerprint density at radius 1 is 1.53 bits per heavy atom. The average molecular weight is 273 g/mol. The van der Waals surface area contributed by atoms with Gasteiger partial charge in [-0.1, -0.05) is 18.5 Å². The largest absolute Gasteiger partial charge is 0.310 e. The molecule has 0 saturated carbocycles. The van der Waals surface area contributed by atoms with Crippen molar-refractivity contribution in [2.75, 3.05) is 19.6 Å². The standard InChI is InChI=1S/C13H21ClN2S/c1-3-13(2)10-16(8-4-7-15-13)9-11-5-6-12(14)17-11/h5-6,15H,3-4,7-10H2,1-2H3. The lowest BCUT2D eigenvalue weighted by Gasteiger charge is -2.32. The molecule has 1 aliphatic rings. The molecule has 1 fully saturated rings. The van der Waals surface area contributed by atoms with Gasteiger partial charge in [-0.2, -0.15) is 0 Å². The van der Waals surface area contributed by atoms with Gasteiger partial charge < -0.3 is 5.32 Å². The van der Waals surface area contributed by atoms with Crippen molar-refractivity contribution in [2.24, 2.45) is 0 Å². The number of hydrogen-bond donors (Lipinski definition) is 1. The molecule has 1 aromatic heterocycles. The maximum absolute atomic E-state index is 5.98. The highest BCUT2D eigenvalue weighted by molar-refractivity contribution is 7.16. The van der Waals surface area contributed by atoms with E-state index >= 15 is 0 Å². The van der Waals surface area contributed by atoms with Crippen LogP contribution in [0.15, 0.2) is 12.1 Å². The minimum Gasteiger partial charge on any atom is -0.310 e. The molecule has 17 heavy (non-hydrogen) atoms. The molecule has 1 aliphatic heterocycles. The van der Waals surface area contributed by atoms with E-state index in [0.29, 0.717) is 0 Å². The smallest absolute Gasteiger partial charge is 0.0931 e. The summed E-state index contributed by atoms with van der Waals surface area (Å²) in [6.45, 7) is 9.06. The second-order valence-corrected chi connectivity index (χ2v) is 6.91. The van der Waals surface area contributed by atoms with E-state index in [1.807, 2.05) is 6.07 Å². The van der Waals surface area contributed by atoms with Crippen LogP contribution in [0, 0.1) is 0 Å². The van der Waals surface area contributed by atoms with Gasteiger partial charge in [-0.3, -0.25) is 4.90 Å². The van der Waals surface area contributed by atoms with Gasteiger partial charge in [0.05, 0.1) is 4.34 Å². The van der Waals surface area contributed by atoms with E-state index in [4.69, 9.17) is 11.6 Å². The summed E-state index contributed by atoms with van der Waals surface area (Å²) in [6.07, 6.45) is 2.41. The van der Waals surface area contributed by atoms with Crippen LogP contribution in [0.2, 0.25) is 4.34 Å². The lowest BCUT2D eigenvalue weighted by atomic mass is 9.98. The molecule has 4 heteroatoms. The zero-order chi connectivity index (χ0) is 12.3. The number of nitrogens with one attached hydrogen (secondary N) is 1. The van der Waals surface area contributed by atoms with Gasteiger partial charge in [-0.25, -0.2) is 0 Å². The van der Waals surface area contributed by atoms with Gasteiger partial charge >= 0.3 is 0 Å². The van der Waals surface area contributed by atoms with Crippen molar-refractivity contribution >= 4 is 22.9 Å². The highest BCUT2D eigenvalue weighted by Gasteiger charge is 2.27. The first-order valence-electron chi connectivity index (χ1n) is 6.33. The molecular formula is C13H21ClN2S. The van der Waals surface area contributed by atoms with Crippen LogP contribution in [0.4, 0.5) is 0 Å². The Bertz CT molecular complexity index is 366. The predicted octanol–water partition coefficient (Wildman–Crippen LogP) is 3.37. The Morgan fingerprint density at radius 2 is 2.35 bits per heavy atom. The summed E-state index contributed by atoms with van der Waals surface area (Å²) in [6, 6.07) is 4.14. The third-order valence-electron chi connectivity index (χ3n) is 3.56. The Hall–Kier alpha value is -0.0900. The summed E-state index contributed by atoms with van der Waals surface area (Å²) in [5.74, 6) is 0. The second-order valence-electron chi connectivity index (χ2n) is 5.11. The maximum Gasteiger partial charge on any atom is 0.0931 e. The molecule has 0 radical (unpaired) electrons. The molecule has 1 unspecified atom stereocenters. The number of halogens is 1. The van der Waals surface area contributed by atoms with E-state index in [9.17, 15) is 0 Å². The molecule has 1 N–H and O–H groups in total. The first-order chi connectivity index (χ1) is 8.11. The van der Waals surface area contributed by atoms with Crippen LogP contribution in [-0.4, -0.2) is 30.1 Å². The third kappa shape index (κ3) is 3.68. The highest BCUT2D eigenvalue weighted by Crippen LogP contribution is 2.24. The zero-order valence-corrected chi connectivity index (χ0v) is 12.2. The molecule has 0 spiro atoms. The number of rotatable bonds is 3. The van der Waals surface area contributed by atoms with Gasteiger partial charge in [-0.15, -0.1) is 11.3 Å². The fourth-order valence-corrected chi connectivity index (χ4v) is 3.48. The number of nitrogens with zero attached hydrogens (tertiary/aromatic N) is 1. The summed E-state index contributed by atoms with van der Waals surface area (Å²) in [5.41, 5.74) is 0.261. The van der Waals surface area contributed by atoms with E-state index < -0.39 is 0 Å². The van der Waals surface area contributed by atoms with Gasteiger partial charge in [-0.05, 0) is 45.0 Å². The Kier molecular flexibility index (Phi) is 4.47. The van der Waals surface area contributed by atoms with E-state index in [2.05, 4.69) is 30.1 Å². The molecule has 2 heterocycles. The average Bonchev–Trinajstić information content (AvgIpc) is 2.59. The molecule has 0 aliphatic carbocycles. The predicted molar refractivity (Wildman–Crippen MR) is 75.9 cm³/mol. The molecule has 1 saturated heterocycles. The lowest BCUT2D eigenvalue weighted by Crippen LogP contribution is -2.48. The fraction of sp³-hybridized carbons (Fsp3) is 0.692. The van der Waals surface area contributed by atoms with Crippen LogP contribution < -0.4 is 5.32 Å².